The standard InChI is InChI=1S/C19H12N4OS/c1-25-19-22-17(16(11-21)18(24)23-19)15-7-3-6-14(9-15)13-5-2-4-12(8-13)10-20/h2-9H,1H3,(H,22,23,24). The van der Waals surface area contributed by atoms with Gasteiger partial charge < -0.3 is 4.98 Å². The topological polar surface area (TPSA) is 93.3 Å². The number of benzene rings is 2. The lowest BCUT2D eigenvalue weighted by Gasteiger charge is -2.08. The van der Waals surface area contributed by atoms with Crippen molar-refractivity contribution < 1.29 is 0 Å². The molecule has 25 heavy (non-hydrogen) atoms. The molecule has 2 aromatic carbocycles. The number of nitriles is 2. The Bertz CT molecular complexity index is 1090. The second kappa shape index (κ2) is 7.04. The molecule has 3 aromatic rings. The first kappa shape index (κ1) is 16.5. The van der Waals surface area contributed by atoms with Gasteiger partial charge in [0.2, 0.25) is 0 Å². The van der Waals surface area contributed by atoms with Crippen LogP contribution in [0.3, 0.4) is 0 Å². The average Bonchev–Trinajstić information content (AvgIpc) is 2.67. The molecule has 0 unspecified atom stereocenters. The molecule has 0 bridgehead atoms. The monoisotopic (exact) mass is 344 g/mol. The summed E-state index contributed by atoms with van der Waals surface area (Å²) in [6.45, 7) is 0. The number of H-pyrrole nitrogens is 1. The normalized spacial score (nSPS) is 10.0. The van der Waals surface area contributed by atoms with Crippen LogP contribution in [0.5, 0.6) is 0 Å². The highest BCUT2D eigenvalue weighted by molar-refractivity contribution is 7.98. The van der Waals surface area contributed by atoms with Gasteiger partial charge in [0.05, 0.1) is 17.3 Å². The van der Waals surface area contributed by atoms with Crippen molar-refractivity contribution in [3.05, 3.63) is 70.0 Å². The summed E-state index contributed by atoms with van der Waals surface area (Å²) in [5.41, 5.74) is 2.90. The molecule has 0 aliphatic heterocycles. The molecular formula is C19H12N4OS. The van der Waals surface area contributed by atoms with Gasteiger partial charge in [0.1, 0.15) is 11.6 Å². The van der Waals surface area contributed by atoms with Gasteiger partial charge in [-0.25, -0.2) is 4.98 Å². The fraction of sp³-hybridized carbons (Fsp3) is 0.0526. The van der Waals surface area contributed by atoms with Crippen molar-refractivity contribution in [3.63, 3.8) is 0 Å². The Morgan fingerprint density at radius 3 is 2.36 bits per heavy atom. The van der Waals surface area contributed by atoms with E-state index in [0.717, 1.165) is 11.1 Å². The van der Waals surface area contributed by atoms with Gasteiger partial charge in [-0.05, 0) is 35.6 Å². The van der Waals surface area contributed by atoms with Gasteiger partial charge in [-0.1, -0.05) is 42.1 Å². The molecule has 0 spiro atoms. The molecule has 3 rings (SSSR count). The Kier molecular flexibility index (Phi) is 4.65. The summed E-state index contributed by atoms with van der Waals surface area (Å²) in [6.07, 6.45) is 1.80. The molecule has 0 atom stereocenters. The van der Waals surface area contributed by atoms with Crippen LogP contribution in [-0.2, 0) is 0 Å². The van der Waals surface area contributed by atoms with Crippen molar-refractivity contribution >= 4 is 11.8 Å². The summed E-state index contributed by atoms with van der Waals surface area (Å²) in [7, 11) is 0. The molecule has 0 amide bonds. The van der Waals surface area contributed by atoms with E-state index in [-0.39, 0.29) is 5.56 Å². The maximum atomic E-state index is 12.1. The molecule has 0 aliphatic rings. The summed E-state index contributed by atoms with van der Waals surface area (Å²) in [6, 6.07) is 18.7. The Morgan fingerprint density at radius 2 is 1.68 bits per heavy atom. The predicted octanol–water partition coefficient (Wildman–Crippen LogP) is 3.57. The van der Waals surface area contributed by atoms with Gasteiger partial charge in [0.25, 0.3) is 5.56 Å². The maximum absolute atomic E-state index is 12.1. The first-order valence-electron chi connectivity index (χ1n) is 7.35. The zero-order valence-corrected chi connectivity index (χ0v) is 14.1. The van der Waals surface area contributed by atoms with Gasteiger partial charge in [-0.15, -0.1) is 0 Å². The van der Waals surface area contributed by atoms with Gasteiger partial charge in [-0.2, -0.15) is 10.5 Å². The molecular weight excluding hydrogens is 332 g/mol. The number of hydrogen-bond donors (Lipinski definition) is 1. The Labute approximate surface area is 148 Å². The third-order valence-electron chi connectivity index (χ3n) is 3.66. The minimum atomic E-state index is -0.450. The van der Waals surface area contributed by atoms with Crippen LogP contribution in [0, 0.1) is 22.7 Å². The molecule has 0 fully saturated rings. The number of nitrogens with one attached hydrogen (secondary N) is 1. The van der Waals surface area contributed by atoms with Gasteiger partial charge >= 0.3 is 0 Å². The van der Waals surface area contributed by atoms with Crippen LogP contribution in [-0.4, -0.2) is 16.2 Å². The first-order chi connectivity index (χ1) is 12.2. The van der Waals surface area contributed by atoms with Crippen molar-refractivity contribution in [2.75, 3.05) is 6.26 Å². The van der Waals surface area contributed by atoms with Crippen LogP contribution in [0.4, 0.5) is 0 Å². The summed E-state index contributed by atoms with van der Waals surface area (Å²) in [5, 5.41) is 18.8. The largest absolute Gasteiger partial charge is 0.300 e. The molecule has 0 saturated carbocycles. The van der Waals surface area contributed by atoms with Crippen molar-refractivity contribution in [1.82, 2.24) is 9.97 Å². The van der Waals surface area contributed by atoms with Crippen LogP contribution in [0.25, 0.3) is 22.4 Å². The van der Waals surface area contributed by atoms with Gasteiger partial charge in [0, 0.05) is 5.56 Å². The highest BCUT2D eigenvalue weighted by Gasteiger charge is 2.13. The van der Waals surface area contributed by atoms with Crippen LogP contribution in [0.15, 0.2) is 58.5 Å². The zero-order chi connectivity index (χ0) is 17.8. The molecule has 1 aromatic heterocycles. The number of thioether (sulfide) groups is 1. The third-order valence-corrected chi connectivity index (χ3v) is 4.24. The Balaban J connectivity index is 2.18. The number of aromatic amines is 1. The van der Waals surface area contributed by atoms with Crippen LogP contribution in [0.1, 0.15) is 11.1 Å². The summed E-state index contributed by atoms with van der Waals surface area (Å²) >= 11 is 1.30. The number of aromatic nitrogens is 2. The maximum Gasteiger partial charge on any atom is 0.270 e. The third kappa shape index (κ3) is 3.30. The molecule has 1 N–H and O–H groups in total. The SMILES string of the molecule is CSc1nc(-c2cccc(-c3cccc(C#N)c3)c2)c(C#N)c(=O)[nH]1. The van der Waals surface area contributed by atoms with E-state index in [2.05, 4.69) is 16.0 Å². The average molecular weight is 344 g/mol. The minimum Gasteiger partial charge on any atom is -0.300 e. The van der Waals surface area contributed by atoms with E-state index in [1.165, 1.54) is 11.8 Å². The van der Waals surface area contributed by atoms with E-state index < -0.39 is 5.56 Å². The predicted molar refractivity (Wildman–Crippen MR) is 96.9 cm³/mol. The van der Waals surface area contributed by atoms with E-state index in [1.54, 1.807) is 18.4 Å². The van der Waals surface area contributed by atoms with Crippen LogP contribution >= 0.6 is 11.8 Å². The quantitative estimate of drug-likeness (QED) is 0.579. The van der Waals surface area contributed by atoms with Crippen LogP contribution < -0.4 is 5.56 Å². The number of hydrogen-bond acceptors (Lipinski definition) is 5. The van der Waals surface area contributed by atoms with E-state index >= 15 is 0 Å². The molecule has 120 valence electrons. The number of rotatable bonds is 3. The van der Waals surface area contributed by atoms with Crippen molar-refractivity contribution in [1.29, 1.82) is 10.5 Å². The highest BCUT2D eigenvalue weighted by atomic mass is 32.2. The Hall–Kier alpha value is -3.35. The zero-order valence-electron chi connectivity index (χ0n) is 13.3. The summed E-state index contributed by atoms with van der Waals surface area (Å²) in [5.74, 6) is 0. The summed E-state index contributed by atoms with van der Waals surface area (Å²) < 4.78 is 0. The molecule has 5 nitrogen and oxygen atoms in total. The van der Waals surface area contributed by atoms with Crippen molar-refractivity contribution in [2.24, 2.45) is 0 Å². The smallest absolute Gasteiger partial charge is 0.270 e. The van der Waals surface area contributed by atoms with E-state index in [1.807, 2.05) is 42.5 Å². The van der Waals surface area contributed by atoms with Crippen LogP contribution in [0.2, 0.25) is 0 Å². The fourth-order valence-corrected chi connectivity index (χ4v) is 2.85. The lowest BCUT2D eigenvalue weighted by Crippen LogP contribution is -2.14. The lowest BCUT2D eigenvalue weighted by molar-refractivity contribution is 0.938. The van der Waals surface area contributed by atoms with E-state index in [0.29, 0.717) is 22.0 Å². The second-order valence-electron chi connectivity index (χ2n) is 5.18. The molecule has 6 heteroatoms. The minimum absolute atomic E-state index is 0.0132. The lowest BCUT2D eigenvalue weighted by atomic mass is 9.99. The number of nitrogens with zero attached hydrogens (tertiary/aromatic N) is 3. The van der Waals surface area contributed by atoms with Gasteiger partial charge in [0.15, 0.2) is 5.16 Å². The highest BCUT2D eigenvalue weighted by Crippen LogP contribution is 2.27. The van der Waals surface area contributed by atoms with Crippen molar-refractivity contribution in [3.8, 4) is 34.5 Å². The molecule has 0 saturated heterocycles. The first-order valence-corrected chi connectivity index (χ1v) is 8.58. The fourth-order valence-electron chi connectivity index (χ4n) is 2.48. The van der Waals surface area contributed by atoms with Crippen molar-refractivity contribution in [2.45, 2.75) is 5.16 Å². The molecule has 0 aliphatic carbocycles. The second-order valence-corrected chi connectivity index (χ2v) is 5.98. The van der Waals surface area contributed by atoms with Gasteiger partial charge in [-0.3, -0.25) is 4.79 Å². The molecule has 0 radical (unpaired) electrons. The van der Waals surface area contributed by atoms with E-state index in [4.69, 9.17) is 5.26 Å². The summed E-state index contributed by atoms with van der Waals surface area (Å²) in [4.78, 5) is 19.1. The van der Waals surface area contributed by atoms with E-state index in [9.17, 15) is 10.1 Å². The molecule has 1 heterocycles. The Morgan fingerprint density at radius 1 is 1.00 bits per heavy atom.